The summed E-state index contributed by atoms with van der Waals surface area (Å²) in [4.78, 5) is 22.9. The largest absolute Gasteiger partial charge is 0.505 e. The van der Waals surface area contributed by atoms with E-state index in [-0.39, 0.29) is 17.3 Å². The highest BCUT2D eigenvalue weighted by Crippen LogP contribution is 2.28. The molecule has 0 spiro atoms. The third-order valence-corrected chi connectivity index (χ3v) is 3.94. The number of carbonyl (C=O) groups excluding carboxylic acids is 1. The highest BCUT2D eigenvalue weighted by Gasteiger charge is 2.23. The predicted octanol–water partition coefficient (Wildman–Crippen LogP) is 2.79. The van der Waals surface area contributed by atoms with Gasteiger partial charge in [0, 0.05) is 6.04 Å². The third kappa shape index (κ3) is 3.65. The molecule has 0 radical (unpaired) electrons. The maximum atomic E-state index is 12.0. The minimum Gasteiger partial charge on any atom is -0.505 e. The Morgan fingerprint density at radius 1 is 1.24 bits per heavy atom. The number of aromatic carboxylic acids is 1. The van der Waals surface area contributed by atoms with Gasteiger partial charge in [0.25, 0.3) is 0 Å². The quantitative estimate of drug-likeness (QED) is 0.644. The van der Waals surface area contributed by atoms with E-state index < -0.39 is 17.7 Å². The number of carboxylic acids is 1. The van der Waals surface area contributed by atoms with Gasteiger partial charge in [0.15, 0.2) is 5.75 Å². The second kappa shape index (κ2) is 6.47. The molecule has 1 fully saturated rings. The van der Waals surface area contributed by atoms with Gasteiger partial charge < -0.3 is 20.8 Å². The maximum absolute atomic E-state index is 12.0. The number of rotatable bonds is 3. The number of hydrogen-bond acceptors (Lipinski definition) is 3. The molecule has 114 valence electrons. The summed E-state index contributed by atoms with van der Waals surface area (Å²) < 4.78 is 0. The Labute approximate surface area is 123 Å². The number of carbonyl (C=O) groups is 2. The van der Waals surface area contributed by atoms with Gasteiger partial charge in [-0.3, -0.25) is 0 Å². The van der Waals surface area contributed by atoms with Crippen LogP contribution in [0.3, 0.4) is 0 Å². The number of hydrogen-bond donors (Lipinski definition) is 4. The van der Waals surface area contributed by atoms with E-state index in [0.29, 0.717) is 5.92 Å². The van der Waals surface area contributed by atoms with E-state index in [1.807, 2.05) is 0 Å². The number of phenols is 1. The Kier molecular flexibility index (Phi) is 4.67. The number of anilines is 1. The smallest absolute Gasteiger partial charge is 0.339 e. The standard InChI is InChI=1S/C15H20N2O4/c1-9-5-2-3-7-11(9)16-15(21)17-12-8-4-6-10(13(12)18)14(19)20/h4,6,8-9,11,18H,2-3,5,7H2,1H3,(H,19,20)(H2,16,17,21). The molecule has 1 saturated carbocycles. The lowest BCUT2D eigenvalue weighted by molar-refractivity contribution is 0.0693. The van der Waals surface area contributed by atoms with Gasteiger partial charge in [-0.15, -0.1) is 0 Å². The monoisotopic (exact) mass is 292 g/mol. The van der Waals surface area contributed by atoms with Crippen molar-refractivity contribution in [2.75, 3.05) is 5.32 Å². The van der Waals surface area contributed by atoms with Crippen LogP contribution >= 0.6 is 0 Å². The van der Waals surface area contributed by atoms with Crippen molar-refractivity contribution in [1.82, 2.24) is 5.32 Å². The Morgan fingerprint density at radius 2 is 1.95 bits per heavy atom. The van der Waals surface area contributed by atoms with Crippen molar-refractivity contribution in [3.8, 4) is 5.75 Å². The van der Waals surface area contributed by atoms with Gasteiger partial charge in [0.1, 0.15) is 5.56 Å². The first-order chi connectivity index (χ1) is 9.99. The van der Waals surface area contributed by atoms with E-state index in [4.69, 9.17) is 5.11 Å². The van der Waals surface area contributed by atoms with Crippen molar-refractivity contribution in [3.05, 3.63) is 23.8 Å². The zero-order chi connectivity index (χ0) is 15.4. The van der Waals surface area contributed by atoms with Crippen molar-refractivity contribution >= 4 is 17.7 Å². The van der Waals surface area contributed by atoms with Crippen molar-refractivity contribution in [3.63, 3.8) is 0 Å². The van der Waals surface area contributed by atoms with Gasteiger partial charge in [0.05, 0.1) is 5.69 Å². The van der Waals surface area contributed by atoms with Crippen molar-refractivity contribution < 1.29 is 19.8 Å². The predicted molar refractivity (Wildman–Crippen MR) is 78.6 cm³/mol. The van der Waals surface area contributed by atoms with Crippen LogP contribution < -0.4 is 10.6 Å². The average molecular weight is 292 g/mol. The summed E-state index contributed by atoms with van der Waals surface area (Å²) >= 11 is 0. The Balaban J connectivity index is 2.02. The molecule has 6 heteroatoms. The molecular formula is C15H20N2O4. The summed E-state index contributed by atoms with van der Waals surface area (Å²) in [6, 6.07) is 3.91. The molecule has 0 aromatic heterocycles. The topological polar surface area (TPSA) is 98.7 Å². The zero-order valence-corrected chi connectivity index (χ0v) is 11.9. The van der Waals surface area contributed by atoms with Gasteiger partial charge in [-0.05, 0) is 30.9 Å². The van der Waals surface area contributed by atoms with Crippen LogP contribution in [0.15, 0.2) is 18.2 Å². The molecule has 6 nitrogen and oxygen atoms in total. The molecule has 2 unspecified atom stereocenters. The van der Waals surface area contributed by atoms with Crippen LogP contribution in [0.5, 0.6) is 5.75 Å². The lowest BCUT2D eigenvalue weighted by atomic mass is 9.86. The zero-order valence-electron chi connectivity index (χ0n) is 11.9. The first-order valence-corrected chi connectivity index (χ1v) is 7.12. The maximum Gasteiger partial charge on any atom is 0.339 e. The molecule has 4 N–H and O–H groups in total. The Bertz CT molecular complexity index is 544. The van der Waals surface area contributed by atoms with E-state index in [9.17, 15) is 14.7 Å². The summed E-state index contributed by atoms with van der Waals surface area (Å²) in [5, 5.41) is 24.2. The summed E-state index contributed by atoms with van der Waals surface area (Å²) in [6.45, 7) is 2.10. The molecule has 1 aliphatic rings. The lowest BCUT2D eigenvalue weighted by Gasteiger charge is -2.29. The summed E-state index contributed by atoms with van der Waals surface area (Å²) in [6.07, 6.45) is 4.30. The van der Waals surface area contributed by atoms with Crippen molar-refractivity contribution in [1.29, 1.82) is 0 Å². The minimum atomic E-state index is -1.24. The molecule has 1 aromatic carbocycles. The second-order valence-electron chi connectivity index (χ2n) is 5.47. The number of amides is 2. The average Bonchev–Trinajstić information content (AvgIpc) is 2.43. The van der Waals surface area contributed by atoms with Gasteiger partial charge in [0.2, 0.25) is 0 Å². The molecule has 21 heavy (non-hydrogen) atoms. The van der Waals surface area contributed by atoms with Crippen LogP contribution in [-0.4, -0.2) is 28.3 Å². The summed E-state index contributed by atoms with van der Waals surface area (Å²) in [5.41, 5.74) is -0.144. The number of aromatic hydroxyl groups is 1. The SMILES string of the molecule is CC1CCCCC1NC(=O)Nc1cccc(C(=O)O)c1O. The molecule has 0 saturated heterocycles. The molecule has 2 atom stereocenters. The van der Waals surface area contributed by atoms with Crippen LogP contribution in [0.4, 0.5) is 10.5 Å². The first kappa shape index (κ1) is 15.2. The van der Waals surface area contributed by atoms with Crippen molar-refractivity contribution in [2.24, 2.45) is 5.92 Å². The fourth-order valence-electron chi connectivity index (χ4n) is 2.67. The Hall–Kier alpha value is -2.24. The molecule has 0 bridgehead atoms. The van der Waals surface area contributed by atoms with E-state index in [2.05, 4.69) is 17.6 Å². The Morgan fingerprint density at radius 3 is 2.62 bits per heavy atom. The molecular weight excluding hydrogens is 272 g/mol. The number of nitrogens with one attached hydrogen (secondary N) is 2. The highest BCUT2D eigenvalue weighted by molar-refractivity contribution is 5.97. The highest BCUT2D eigenvalue weighted by atomic mass is 16.4. The fourth-order valence-corrected chi connectivity index (χ4v) is 2.67. The van der Waals surface area contributed by atoms with Gasteiger partial charge >= 0.3 is 12.0 Å². The van der Waals surface area contributed by atoms with Gasteiger partial charge in [-0.2, -0.15) is 0 Å². The van der Waals surface area contributed by atoms with E-state index in [1.54, 1.807) is 0 Å². The van der Waals surface area contributed by atoms with Crippen LogP contribution in [-0.2, 0) is 0 Å². The van der Waals surface area contributed by atoms with E-state index in [1.165, 1.54) is 24.6 Å². The third-order valence-electron chi connectivity index (χ3n) is 3.94. The molecule has 2 amide bonds. The van der Waals surface area contributed by atoms with E-state index in [0.717, 1.165) is 19.3 Å². The van der Waals surface area contributed by atoms with Crippen LogP contribution in [0, 0.1) is 5.92 Å². The molecule has 2 rings (SSSR count). The minimum absolute atomic E-state index is 0.0934. The van der Waals surface area contributed by atoms with Crippen LogP contribution in [0.25, 0.3) is 0 Å². The number of urea groups is 1. The van der Waals surface area contributed by atoms with Crippen LogP contribution in [0.2, 0.25) is 0 Å². The molecule has 0 heterocycles. The molecule has 0 aliphatic heterocycles. The summed E-state index contributed by atoms with van der Waals surface area (Å²) in [5.74, 6) is -1.25. The first-order valence-electron chi connectivity index (χ1n) is 7.12. The molecule has 1 aliphatic carbocycles. The van der Waals surface area contributed by atoms with Gasteiger partial charge in [-0.1, -0.05) is 25.8 Å². The number of para-hydroxylation sites is 1. The van der Waals surface area contributed by atoms with Gasteiger partial charge in [-0.25, -0.2) is 9.59 Å². The number of benzene rings is 1. The lowest BCUT2D eigenvalue weighted by Crippen LogP contribution is -2.43. The van der Waals surface area contributed by atoms with Crippen molar-refractivity contribution in [2.45, 2.75) is 38.6 Å². The van der Waals surface area contributed by atoms with E-state index >= 15 is 0 Å². The number of carboxylic acid groups (broad SMARTS) is 1. The molecule has 1 aromatic rings. The summed E-state index contributed by atoms with van der Waals surface area (Å²) in [7, 11) is 0. The normalized spacial score (nSPS) is 21.6. The van der Waals surface area contributed by atoms with Crippen LogP contribution in [0.1, 0.15) is 43.0 Å². The second-order valence-corrected chi connectivity index (χ2v) is 5.47. The fraction of sp³-hybridized carbons (Fsp3) is 0.467.